The predicted molar refractivity (Wildman–Crippen MR) is 82.9 cm³/mol. The molecule has 116 valence electrons. The van der Waals surface area contributed by atoms with Crippen molar-refractivity contribution in [3.8, 4) is 0 Å². The Bertz CT molecular complexity index is 557. The van der Waals surface area contributed by atoms with Crippen molar-refractivity contribution in [2.75, 3.05) is 50.2 Å². The van der Waals surface area contributed by atoms with Crippen molar-refractivity contribution < 1.29 is 9.84 Å². The summed E-state index contributed by atoms with van der Waals surface area (Å²) >= 11 is 0. The van der Waals surface area contributed by atoms with Crippen LogP contribution in [0.25, 0.3) is 5.65 Å². The van der Waals surface area contributed by atoms with Gasteiger partial charge < -0.3 is 24.5 Å². The molecule has 0 bridgehead atoms. The van der Waals surface area contributed by atoms with Crippen LogP contribution in [0.5, 0.6) is 0 Å². The summed E-state index contributed by atoms with van der Waals surface area (Å²) in [6.45, 7) is 4.76. The SMILES string of the molecule is CCCNc1cn2ccnc2c(N(CCO)CCOC)n1. The number of anilines is 2. The third-order valence-corrected chi connectivity index (χ3v) is 3.15. The molecule has 2 heterocycles. The second-order valence-electron chi connectivity index (χ2n) is 4.74. The number of fused-ring (bicyclic) bond motifs is 1. The van der Waals surface area contributed by atoms with E-state index >= 15 is 0 Å². The number of imidazole rings is 1. The van der Waals surface area contributed by atoms with Crippen LogP contribution < -0.4 is 10.2 Å². The lowest BCUT2D eigenvalue weighted by molar-refractivity contribution is 0.202. The minimum Gasteiger partial charge on any atom is -0.395 e. The van der Waals surface area contributed by atoms with Gasteiger partial charge in [0.05, 0.1) is 19.4 Å². The molecule has 0 spiro atoms. The second-order valence-corrected chi connectivity index (χ2v) is 4.74. The Balaban J connectivity index is 2.35. The van der Waals surface area contributed by atoms with Crippen LogP contribution in [0.1, 0.15) is 13.3 Å². The maximum atomic E-state index is 9.28. The van der Waals surface area contributed by atoms with Crippen LogP contribution >= 0.6 is 0 Å². The number of nitrogens with zero attached hydrogens (tertiary/aromatic N) is 4. The molecule has 0 amide bonds. The van der Waals surface area contributed by atoms with Crippen LogP contribution in [0.4, 0.5) is 11.6 Å². The number of hydrogen-bond acceptors (Lipinski definition) is 6. The quantitative estimate of drug-likeness (QED) is 0.718. The third-order valence-electron chi connectivity index (χ3n) is 3.15. The standard InChI is InChI=1S/C14H23N5O2/c1-3-4-15-12-11-19-6-5-16-13(19)14(17-12)18(7-9-20)8-10-21-2/h5-6,11,15,20H,3-4,7-10H2,1-2H3. The maximum absolute atomic E-state index is 9.28. The molecule has 0 aliphatic heterocycles. The molecule has 2 N–H and O–H groups in total. The highest BCUT2D eigenvalue weighted by Gasteiger charge is 2.14. The topological polar surface area (TPSA) is 74.9 Å². The van der Waals surface area contributed by atoms with Gasteiger partial charge in [0.15, 0.2) is 11.5 Å². The molecule has 7 nitrogen and oxygen atoms in total. The van der Waals surface area contributed by atoms with Gasteiger partial charge in [-0.15, -0.1) is 0 Å². The number of methoxy groups -OCH3 is 1. The van der Waals surface area contributed by atoms with Crippen molar-refractivity contribution in [1.29, 1.82) is 0 Å². The van der Waals surface area contributed by atoms with Crippen molar-refractivity contribution in [3.63, 3.8) is 0 Å². The smallest absolute Gasteiger partial charge is 0.180 e. The number of aliphatic hydroxyl groups is 1. The zero-order valence-electron chi connectivity index (χ0n) is 12.6. The van der Waals surface area contributed by atoms with Gasteiger partial charge >= 0.3 is 0 Å². The first kappa shape index (κ1) is 15.5. The molecule has 0 atom stereocenters. The van der Waals surface area contributed by atoms with Gasteiger partial charge in [0.2, 0.25) is 0 Å². The van der Waals surface area contributed by atoms with E-state index in [1.165, 1.54) is 0 Å². The molecule has 21 heavy (non-hydrogen) atoms. The number of aromatic nitrogens is 3. The highest BCUT2D eigenvalue weighted by molar-refractivity contribution is 5.66. The van der Waals surface area contributed by atoms with Gasteiger partial charge in [0, 0.05) is 39.1 Å². The van der Waals surface area contributed by atoms with E-state index in [-0.39, 0.29) is 6.61 Å². The molecule has 0 unspecified atom stereocenters. The molecule has 0 aromatic carbocycles. The van der Waals surface area contributed by atoms with E-state index in [1.807, 2.05) is 21.7 Å². The molecule has 7 heteroatoms. The average molecular weight is 293 g/mol. The normalized spacial score (nSPS) is 11.0. The first-order valence-corrected chi connectivity index (χ1v) is 7.22. The minimum absolute atomic E-state index is 0.0604. The average Bonchev–Trinajstić information content (AvgIpc) is 2.97. The Labute approximate surface area is 124 Å². The summed E-state index contributed by atoms with van der Waals surface area (Å²) in [4.78, 5) is 11.0. The van der Waals surface area contributed by atoms with Crippen LogP contribution in [0.15, 0.2) is 18.6 Å². The van der Waals surface area contributed by atoms with Crippen LogP contribution in [-0.2, 0) is 4.74 Å². The Kier molecular flexibility index (Phi) is 5.77. The van der Waals surface area contributed by atoms with Crippen molar-refractivity contribution >= 4 is 17.3 Å². The number of nitrogens with one attached hydrogen (secondary N) is 1. The third kappa shape index (κ3) is 3.83. The van der Waals surface area contributed by atoms with Gasteiger partial charge in [-0.3, -0.25) is 0 Å². The van der Waals surface area contributed by atoms with Crippen molar-refractivity contribution in [2.45, 2.75) is 13.3 Å². The molecule has 2 aromatic rings. The van der Waals surface area contributed by atoms with Gasteiger partial charge in [-0.05, 0) is 6.42 Å². The lowest BCUT2D eigenvalue weighted by atomic mass is 10.4. The molecular weight excluding hydrogens is 270 g/mol. The molecular formula is C14H23N5O2. The Morgan fingerprint density at radius 3 is 3.00 bits per heavy atom. The molecule has 2 aromatic heterocycles. The Morgan fingerprint density at radius 1 is 1.43 bits per heavy atom. The van der Waals surface area contributed by atoms with E-state index < -0.39 is 0 Å². The van der Waals surface area contributed by atoms with Gasteiger partial charge in [-0.1, -0.05) is 6.92 Å². The molecule has 0 aliphatic carbocycles. The number of aliphatic hydroxyl groups excluding tert-OH is 1. The lowest BCUT2D eigenvalue weighted by Gasteiger charge is -2.23. The lowest BCUT2D eigenvalue weighted by Crippen LogP contribution is -2.31. The van der Waals surface area contributed by atoms with E-state index in [0.717, 1.165) is 30.2 Å². The highest BCUT2D eigenvalue weighted by atomic mass is 16.5. The van der Waals surface area contributed by atoms with Crippen molar-refractivity contribution in [1.82, 2.24) is 14.4 Å². The van der Waals surface area contributed by atoms with Crippen molar-refractivity contribution in [2.24, 2.45) is 0 Å². The fourth-order valence-electron chi connectivity index (χ4n) is 2.11. The summed E-state index contributed by atoms with van der Waals surface area (Å²) in [7, 11) is 1.66. The largest absolute Gasteiger partial charge is 0.395 e. The summed E-state index contributed by atoms with van der Waals surface area (Å²) in [6, 6.07) is 0. The molecule has 0 radical (unpaired) electrons. The van der Waals surface area contributed by atoms with Gasteiger partial charge in [0.1, 0.15) is 5.82 Å². The van der Waals surface area contributed by atoms with Gasteiger partial charge in [-0.25, -0.2) is 9.97 Å². The number of hydrogen-bond donors (Lipinski definition) is 2. The van der Waals surface area contributed by atoms with Crippen LogP contribution in [0, 0.1) is 0 Å². The molecule has 0 saturated carbocycles. The Morgan fingerprint density at radius 2 is 2.29 bits per heavy atom. The van der Waals surface area contributed by atoms with E-state index in [1.54, 1.807) is 13.3 Å². The van der Waals surface area contributed by atoms with Crippen LogP contribution in [0.3, 0.4) is 0 Å². The van der Waals surface area contributed by atoms with Gasteiger partial charge in [0.25, 0.3) is 0 Å². The van der Waals surface area contributed by atoms with E-state index in [9.17, 15) is 5.11 Å². The highest BCUT2D eigenvalue weighted by Crippen LogP contribution is 2.20. The molecule has 2 rings (SSSR count). The van der Waals surface area contributed by atoms with E-state index in [4.69, 9.17) is 4.74 Å². The van der Waals surface area contributed by atoms with E-state index in [2.05, 4.69) is 22.2 Å². The van der Waals surface area contributed by atoms with Crippen LogP contribution in [-0.4, -0.2) is 59.4 Å². The zero-order valence-corrected chi connectivity index (χ0v) is 12.6. The number of ether oxygens (including phenoxy) is 1. The maximum Gasteiger partial charge on any atom is 0.180 e. The predicted octanol–water partition coefficient (Wildman–Crippen LogP) is 0.996. The fourth-order valence-corrected chi connectivity index (χ4v) is 2.11. The summed E-state index contributed by atoms with van der Waals surface area (Å²) in [5, 5.41) is 12.6. The summed E-state index contributed by atoms with van der Waals surface area (Å²) in [6.07, 6.45) is 6.60. The molecule has 0 aliphatic rings. The van der Waals surface area contributed by atoms with Gasteiger partial charge in [-0.2, -0.15) is 0 Å². The summed E-state index contributed by atoms with van der Waals surface area (Å²) in [5.74, 6) is 1.56. The fraction of sp³-hybridized carbons (Fsp3) is 0.571. The molecule has 0 saturated heterocycles. The Hall–Kier alpha value is -1.86. The summed E-state index contributed by atoms with van der Waals surface area (Å²) < 4.78 is 7.08. The second kappa shape index (κ2) is 7.80. The monoisotopic (exact) mass is 293 g/mol. The minimum atomic E-state index is 0.0604. The van der Waals surface area contributed by atoms with Crippen LogP contribution in [0.2, 0.25) is 0 Å². The van der Waals surface area contributed by atoms with Crippen molar-refractivity contribution in [3.05, 3.63) is 18.6 Å². The first-order valence-electron chi connectivity index (χ1n) is 7.22. The number of rotatable bonds is 9. The van der Waals surface area contributed by atoms with E-state index in [0.29, 0.717) is 19.7 Å². The summed E-state index contributed by atoms with van der Waals surface area (Å²) in [5.41, 5.74) is 0.779. The first-order chi connectivity index (χ1) is 10.3. The zero-order chi connectivity index (χ0) is 15.1. The molecule has 0 fully saturated rings.